The van der Waals surface area contributed by atoms with E-state index < -0.39 is 6.09 Å². The number of nitrogens with one attached hydrogen (secondary N) is 1. The minimum atomic E-state index is -0.907. The molecule has 0 saturated heterocycles. The second kappa shape index (κ2) is 2.88. The smallest absolute Gasteiger partial charge is 0.405 e. The highest BCUT2D eigenvalue weighted by molar-refractivity contribution is 5.66. The summed E-state index contributed by atoms with van der Waals surface area (Å²) < 4.78 is 0. The quantitative estimate of drug-likeness (QED) is 0.682. The average Bonchev–Trinajstić information content (AvgIpc) is 1.77. The Kier molecular flexibility index (Phi) is 2.33. The van der Waals surface area contributed by atoms with Gasteiger partial charge in [0.05, 0.1) is 0 Å². The molecule has 14 heavy (non-hydrogen) atoms. The summed E-state index contributed by atoms with van der Waals surface area (Å²) in [7, 11) is 0. The van der Waals surface area contributed by atoms with Gasteiger partial charge in [-0.3, -0.25) is 0 Å². The molecule has 0 radical (unpaired) electrons. The van der Waals surface area contributed by atoms with Crippen LogP contribution in [0.5, 0.6) is 0 Å². The van der Waals surface area contributed by atoms with Gasteiger partial charge in [0.1, 0.15) is 0 Å². The summed E-state index contributed by atoms with van der Waals surface area (Å²) in [5, 5.41) is 11.5. The van der Waals surface area contributed by atoms with Gasteiger partial charge in [0.25, 0.3) is 0 Å². The second-order valence-corrected chi connectivity index (χ2v) is 6.28. The van der Waals surface area contributed by atoms with E-state index >= 15 is 0 Å². The summed E-state index contributed by atoms with van der Waals surface area (Å²) >= 11 is 0. The van der Waals surface area contributed by atoms with Crippen molar-refractivity contribution in [2.24, 2.45) is 10.8 Å². The zero-order chi connectivity index (χ0) is 11.2. The first-order chi connectivity index (χ1) is 6.08. The van der Waals surface area contributed by atoms with Gasteiger partial charge < -0.3 is 10.4 Å². The van der Waals surface area contributed by atoms with E-state index in [1.165, 1.54) is 0 Å². The fraction of sp³-hybridized carbons (Fsp3) is 0.909. The molecular weight excluding hydrogens is 178 g/mol. The number of rotatable bonds is 1. The van der Waals surface area contributed by atoms with Gasteiger partial charge in [-0.05, 0) is 23.7 Å². The van der Waals surface area contributed by atoms with Crippen molar-refractivity contribution >= 4 is 6.09 Å². The van der Waals surface area contributed by atoms with Crippen molar-refractivity contribution in [3.05, 3.63) is 0 Å². The average molecular weight is 199 g/mol. The van der Waals surface area contributed by atoms with Gasteiger partial charge in [0, 0.05) is 5.54 Å². The minimum absolute atomic E-state index is 0.0130. The maximum atomic E-state index is 10.8. The van der Waals surface area contributed by atoms with E-state index in [9.17, 15) is 4.79 Å². The molecule has 82 valence electrons. The van der Waals surface area contributed by atoms with Gasteiger partial charge >= 0.3 is 6.09 Å². The van der Waals surface area contributed by atoms with Crippen LogP contribution >= 0.6 is 0 Å². The van der Waals surface area contributed by atoms with Gasteiger partial charge in [-0.15, -0.1) is 0 Å². The molecule has 0 atom stereocenters. The van der Waals surface area contributed by atoms with E-state index in [2.05, 4.69) is 39.9 Å². The van der Waals surface area contributed by atoms with Crippen molar-refractivity contribution in [3.63, 3.8) is 0 Å². The highest BCUT2D eigenvalue weighted by atomic mass is 16.4. The molecule has 0 aromatic carbocycles. The van der Waals surface area contributed by atoms with Crippen molar-refractivity contribution < 1.29 is 9.90 Å². The molecule has 2 N–H and O–H groups in total. The third-order valence-corrected chi connectivity index (χ3v) is 3.34. The lowest BCUT2D eigenvalue weighted by Gasteiger charge is -2.59. The standard InChI is InChI=1S/C11H21NO2/c1-9(2,3)11(12-8(13)14)6-10(4,5)7-11/h12H,6-7H2,1-5H3,(H,13,14). The van der Waals surface area contributed by atoms with Crippen molar-refractivity contribution in [1.29, 1.82) is 0 Å². The molecule has 1 rings (SSSR count). The molecule has 1 amide bonds. The number of carbonyl (C=O) groups is 1. The molecule has 1 aliphatic carbocycles. The van der Waals surface area contributed by atoms with Gasteiger partial charge in [-0.1, -0.05) is 34.6 Å². The molecular formula is C11H21NO2. The Hall–Kier alpha value is -0.730. The topological polar surface area (TPSA) is 49.3 Å². The molecule has 3 heteroatoms. The monoisotopic (exact) mass is 199 g/mol. The summed E-state index contributed by atoms with van der Waals surface area (Å²) in [6.07, 6.45) is 0.946. The normalized spacial score (nSPS) is 23.8. The maximum absolute atomic E-state index is 10.8. The van der Waals surface area contributed by atoms with Crippen LogP contribution in [0, 0.1) is 10.8 Å². The zero-order valence-electron chi connectivity index (χ0n) is 9.77. The number of hydrogen-bond acceptors (Lipinski definition) is 1. The molecule has 0 bridgehead atoms. The third-order valence-electron chi connectivity index (χ3n) is 3.34. The Morgan fingerprint density at radius 2 is 1.71 bits per heavy atom. The van der Waals surface area contributed by atoms with E-state index in [0.29, 0.717) is 0 Å². The van der Waals surface area contributed by atoms with Crippen LogP contribution in [0.2, 0.25) is 0 Å². The lowest BCUT2D eigenvalue weighted by Crippen LogP contribution is -2.66. The van der Waals surface area contributed by atoms with Crippen molar-refractivity contribution in [2.75, 3.05) is 0 Å². The molecule has 1 saturated carbocycles. The van der Waals surface area contributed by atoms with E-state index in [4.69, 9.17) is 5.11 Å². The van der Waals surface area contributed by atoms with Gasteiger partial charge in [0.2, 0.25) is 0 Å². The molecule has 0 aliphatic heterocycles. The summed E-state index contributed by atoms with van der Waals surface area (Å²) in [4.78, 5) is 10.8. The van der Waals surface area contributed by atoms with Crippen LogP contribution in [0.25, 0.3) is 0 Å². The lowest BCUT2D eigenvalue weighted by molar-refractivity contribution is -0.0422. The highest BCUT2D eigenvalue weighted by Crippen LogP contribution is 2.55. The number of carboxylic acid groups (broad SMARTS) is 1. The maximum Gasteiger partial charge on any atom is 0.405 e. The van der Waals surface area contributed by atoms with Crippen LogP contribution in [0.3, 0.4) is 0 Å². The first kappa shape index (κ1) is 11.3. The molecule has 3 nitrogen and oxygen atoms in total. The van der Waals surface area contributed by atoms with Crippen LogP contribution in [0.1, 0.15) is 47.5 Å². The van der Waals surface area contributed by atoms with Crippen molar-refractivity contribution in [1.82, 2.24) is 5.32 Å². The van der Waals surface area contributed by atoms with E-state index in [1.54, 1.807) is 0 Å². The van der Waals surface area contributed by atoms with Crippen molar-refractivity contribution in [3.8, 4) is 0 Å². The molecule has 0 unspecified atom stereocenters. The molecule has 0 aromatic heterocycles. The number of amides is 1. The number of hydrogen-bond donors (Lipinski definition) is 2. The van der Waals surface area contributed by atoms with Crippen molar-refractivity contribution in [2.45, 2.75) is 53.0 Å². The summed E-state index contributed by atoms with van der Waals surface area (Å²) in [6.45, 7) is 10.6. The van der Waals surface area contributed by atoms with Gasteiger partial charge in [-0.2, -0.15) is 0 Å². The second-order valence-electron chi connectivity index (χ2n) is 6.28. The van der Waals surface area contributed by atoms with Crippen LogP contribution < -0.4 is 5.32 Å². The van der Waals surface area contributed by atoms with Crippen LogP contribution in [0.15, 0.2) is 0 Å². The van der Waals surface area contributed by atoms with E-state index in [-0.39, 0.29) is 16.4 Å². The molecule has 0 aromatic rings. The Labute approximate surface area is 85.9 Å². The highest BCUT2D eigenvalue weighted by Gasteiger charge is 2.56. The van der Waals surface area contributed by atoms with E-state index in [0.717, 1.165) is 12.8 Å². The molecule has 1 aliphatic rings. The Bertz CT molecular complexity index is 243. The first-order valence-electron chi connectivity index (χ1n) is 5.09. The Morgan fingerprint density at radius 1 is 1.29 bits per heavy atom. The summed E-state index contributed by atoms with van der Waals surface area (Å²) in [5.74, 6) is 0. The zero-order valence-corrected chi connectivity index (χ0v) is 9.77. The van der Waals surface area contributed by atoms with Crippen LogP contribution in [-0.4, -0.2) is 16.7 Å². The predicted octanol–water partition coefficient (Wildman–Crippen LogP) is 2.86. The molecule has 0 spiro atoms. The largest absolute Gasteiger partial charge is 0.465 e. The SMILES string of the molecule is CC1(C)CC(NC(=O)O)(C(C)(C)C)C1. The fourth-order valence-corrected chi connectivity index (χ4v) is 2.59. The van der Waals surface area contributed by atoms with Gasteiger partial charge in [0.15, 0.2) is 0 Å². The van der Waals surface area contributed by atoms with E-state index in [1.807, 2.05) is 0 Å². The molecule has 0 heterocycles. The Morgan fingerprint density at radius 3 is 1.93 bits per heavy atom. The third kappa shape index (κ3) is 1.86. The molecule has 1 fully saturated rings. The summed E-state index contributed by atoms with van der Waals surface area (Å²) in [6, 6.07) is 0. The Balaban J connectivity index is 2.81. The fourth-order valence-electron chi connectivity index (χ4n) is 2.59. The lowest BCUT2D eigenvalue weighted by atomic mass is 9.51. The first-order valence-corrected chi connectivity index (χ1v) is 5.09. The summed E-state index contributed by atoms with van der Waals surface area (Å²) in [5.41, 5.74) is 0.0268. The minimum Gasteiger partial charge on any atom is -0.465 e. The van der Waals surface area contributed by atoms with Gasteiger partial charge in [-0.25, -0.2) is 4.79 Å². The van der Waals surface area contributed by atoms with Crippen LogP contribution in [-0.2, 0) is 0 Å². The van der Waals surface area contributed by atoms with Crippen LogP contribution in [0.4, 0.5) is 4.79 Å². The predicted molar refractivity (Wildman–Crippen MR) is 56.4 cm³/mol.